The molecule has 0 amide bonds. The Hall–Kier alpha value is -2.83. The number of hydrogen-bond acceptors (Lipinski definition) is 5. The molecule has 0 aliphatic rings. The Kier molecular flexibility index (Phi) is 7.32. The van der Waals surface area contributed by atoms with Gasteiger partial charge < -0.3 is 19.9 Å². The Morgan fingerprint density at radius 2 is 2.00 bits per heavy atom. The molecule has 0 heterocycles. The van der Waals surface area contributed by atoms with Crippen LogP contribution in [0.4, 0.5) is 0 Å². The van der Waals surface area contributed by atoms with Crippen LogP contribution in [0.2, 0.25) is 0 Å². The maximum Gasteiger partial charge on any atom is 0.333 e. The van der Waals surface area contributed by atoms with Crippen molar-refractivity contribution in [3.63, 3.8) is 0 Å². The van der Waals surface area contributed by atoms with E-state index in [0.29, 0.717) is 11.3 Å². The number of nitrogens with zero attached hydrogens (tertiary/aromatic N) is 2. The van der Waals surface area contributed by atoms with Crippen LogP contribution in [0.1, 0.15) is 12.5 Å². The lowest BCUT2D eigenvalue weighted by atomic mass is 10.2. The minimum atomic E-state index is -0.484. The average Bonchev–Trinajstić information content (AvgIpc) is 2.50. The SMILES string of the molecule is C=C(C)C(=O)OCCO/C(N)=N/C(=NC)Oc1cccc(C)c1. The number of amidine groups is 2. The third-order valence-corrected chi connectivity index (χ3v) is 2.51. The lowest BCUT2D eigenvalue weighted by Gasteiger charge is -2.08. The maximum absolute atomic E-state index is 11.2. The van der Waals surface area contributed by atoms with Gasteiger partial charge in [0.15, 0.2) is 0 Å². The molecule has 1 aromatic carbocycles. The summed E-state index contributed by atoms with van der Waals surface area (Å²) in [5, 5.41) is 0. The van der Waals surface area contributed by atoms with Gasteiger partial charge in [0.05, 0.1) is 0 Å². The number of aryl methyl sites for hydroxylation is 1. The van der Waals surface area contributed by atoms with Gasteiger partial charge in [-0.2, -0.15) is 0 Å². The van der Waals surface area contributed by atoms with Gasteiger partial charge in [-0.25, -0.2) is 9.79 Å². The zero-order chi connectivity index (χ0) is 17.2. The predicted molar refractivity (Wildman–Crippen MR) is 88.5 cm³/mol. The first-order valence-corrected chi connectivity index (χ1v) is 6.93. The highest BCUT2D eigenvalue weighted by atomic mass is 16.6. The first kappa shape index (κ1) is 18.2. The van der Waals surface area contributed by atoms with E-state index in [2.05, 4.69) is 16.6 Å². The van der Waals surface area contributed by atoms with Gasteiger partial charge in [0.25, 0.3) is 6.02 Å². The van der Waals surface area contributed by atoms with Crippen LogP contribution in [-0.4, -0.2) is 38.3 Å². The molecule has 0 saturated carbocycles. The molecule has 1 aromatic rings. The van der Waals surface area contributed by atoms with Crippen LogP contribution >= 0.6 is 0 Å². The maximum atomic E-state index is 11.2. The van der Waals surface area contributed by atoms with Crippen molar-refractivity contribution < 1.29 is 19.0 Å². The molecule has 1 rings (SSSR count). The van der Waals surface area contributed by atoms with E-state index in [1.807, 2.05) is 25.1 Å². The number of nitrogens with two attached hydrogens (primary N) is 1. The van der Waals surface area contributed by atoms with Crippen LogP contribution in [0, 0.1) is 6.92 Å². The van der Waals surface area contributed by atoms with Crippen molar-refractivity contribution in [2.24, 2.45) is 15.7 Å². The molecular weight excluding hydrogens is 298 g/mol. The number of rotatable bonds is 5. The van der Waals surface area contributed by atoms with E-state index < -0.39 is 5.97 Å². The molecule has 0 spiro atoms. The summed E-state index contributed by atoms with van der Waals surface area (Å²) in [6.07, 6.45) is 0. The average molecular weight is 319 g/mol. The zero-order valence-corrected chi connectivity index (χ0v) is 13.5. The molecule has 0 aliphatic heterocycles. The Morgan fingerprint density at radius 3 is 2.61 bits per heavy atom. The minimum absolute atomic E-state index is 0.0409. The highest BCUT2D eigenvalue weighted by molar-refractivity contribution is 5.89. The fourth-order valence-electron chi connectivity index (χ4n) is 1.43. The number of aliphatic imine (C=N–C) groups is 2. The Bertz CT molecular complexity index is 624. The summed E-state index contributed by atoms with van der Waals surface area (Å²) in [5.41, 5.74) is 6.98. The van der Waals surface area contributed by atoms with Crippen molar-refractivity contribution in [2.45, 2.75) is 13.8 Å². The fourth-order valence-corrected chi connectivity index (χ4v) is 1.43. The van der Waals surface area contributed by atoms with E-state index in [-0.39, 0.29) is 25.3 Å². The van der Waals surface area contributed by atoms with Crippen molar-refractivity contribution in [1.82, 2.24) is 0 Å². The van der Waals surface area contributed by atoms with E-state index in [9.17, 15) is 4.79 Å². The first-order chi connectivity index (χ1) is 10.9. The summed E-state index contributed by atoms with van der Waals surface area (Å²) < 4.78 is 15.5. The van der Waals surface area contributed by atoms with Gasteiger partial charge in [0.1, 0.15) is 19.0 Å². The van der Waals surface area contributed by atoms with Crippen LogP contribution < -0.4 is 10.5 Å². The lowest BCUT2D eigenvalue weighted by molar-refractivity contribution is -0.139. The van der Waals surface area contributed by atoms with Gasteiger partial charge in [-0.3, -0.25) is 0 Å². The van der Waals surface area contributed by atoms with E-state index in [4.69, 9.17) is 19.9 Å². The number of benzene rings is 1. The zero-order valence-electron chi connectivity index (χ0n) is 13.5. The second-order valence-corrected chi connectivity index (χ2v) is 4.64. The largest absolute Gasteiger partial charge is 0.461 e. The third-order valence-electron chi connectivity index (χ3n) is 2.51. The topological polar surface area (TPSA) is 95.5 Å². The smallest absolute Gasteiger partial charge is 0.333 e. The number of carbonyl (C=O) groups excluding carboxylic acids is 1. The highest BCUT2D eigenvalue weighted by Gasteiger charge is 2.05. The molecule has 0 atom stereocenters. The molecule has 124 valence electrons. The molecular formula is C16H21N3O4. The molecule has 0 fully saturated rings. The standard InChI is InChI=1S/C16H21N3O4/c1-11(2)14(20)21-8-9-22-15(17)19-16(18-4)23-13-7-5-6-12(3)10-13/h5-7,10H,1,8-9H2,2-4H3,(H2,17,18,19). The van der Waals surface area contributed by atoms with Crippen molar-refractivity contribution in [2.75, 3.05) is 20.3 Å². The second-order valence-electron chi connectivity index (χ2n) is 4.64. The molecule has 2 N–H and O–H groups in total. The quantitative estimate of drug-likeness (QED) is 0.293. The van der Waals surface area contributed by atoms with Crippen molar-refractivity contribution in [3.8, 4) is 5.75 Å². The van der Waals surface area contributed by atoms with E-state index in [1.165, 1.54) is 7.05 Å². The molecule has 7 nitrogen and oxygen atoms in total. The van der Waals surface area contributed by atoms with Gasteiger partial charge in [-0.15, -0.1) is 4.99 Å². The van der Waals surface area contributed by atoms with Gasteiger partial charge in [0.2, 0.25) is 0 Å². The molecule has 0 saturated heterocycles. The minimum Gasteiger partial charge on any atom is -0.461 e. The summed E-state index contributed by atoms with van der Waals surface area (Å²) in [5.74, 6) is 0.111. The predicted octanol–water partition coefficient (Wildman–Crippen LogP) is 1.81. The van der Waals surface area contributed by atoms with E-state index >= 15 is 0 Å². The van der Waals surface area contributed by atoms with Crippen LogP contribution in [0.25, 0.3) is 0 Å². The summed E-state index contributed by atoms with van der Waals surface area (Å²) in [6.45, 7) is 7.08. The molecule has 0 unspecified atom stereocenters. The molecule has 0 aromatic heterocycles. The summed E-state index contributed by atoms with van der Waals surface area (Å²) in [4.78, 5) is 19.0. The fraction of sp³-hybridized carbons (Fsp3) is 0.312. The molecule has 7 heteroatoms. The monoisotopic (exact) mass is 319 g/mol. The molecule has 0 radical (unpaired) electrons. The normalized spacial score (nSPS) is 11.8. The molecule has 0 aliphatic carbocycles. The number of carbonyl (C=O) groups is 1. The number of ether oxygens (including phenoxy) is 3. The number of esters is 1. The van der Waals surface area contributed by atoms with Crippen LogP contribution in [0.5, 0.6) is 5.75 Å². The number of hydrogen-bond donors (Lipinski definition) is 1. The van der Waals surface area contributed by atoms with E-state index in [1.54, 1.807) is 13.0 Å². The summed E-state index contributed by atoms with van der Waals surface area (Å²) >= 11 is 0. The van der Waals surface area contributed by atoms with Gasteiger partial charge in [0, 0.05) is 12.6 Å². The lowest BCUT2D eigenvalue weighted by Crippen LogP contribution is -2.23. The molecule has 23 heavy (non-hydrogen) atoms. The van der Waals surface area contributed by atoms with Gasteiger partial charge in [-0.05, 0) is 31.5 Å². The van der Waals surface area contributed by atoms with Crippen molar-refractivity contribution >= 4 is 18.0 Å². The van der Waals surface area contributed by atoms with Crippen LogP contribution in [0.15, 0.2) is 46.4 Å². The summed E-state index contributed by atoms with van der Waals surface area (Å²) in [6, 6.07) is 7.35. The highest BCUT2D eigenvalue weighted by Crippen LogP contribution is 2.12. The second kappa shape index (κ2) is 9.24. The van der Waals surface area contributed by atoms with Crippen LogP contribution in [0.3, 0.4) is 0 Å². The first-order valence-electron chi connectivity index (χ1n) is 6.93. The van der Waals surface area contributed by atoms with E-state index in [0.717, 1.165) is 5.56 Å². The third kappa shape index (κ3) is 7.12. The Labute approximate surface area is 135 Å². The summed E-state index contributed by atoms with van der Waals surface area (Å²) in [7, 11) is 1.52. The van der Waals surface area contributed by atoms with Gasteiger partial charge >= 0.3 is 12.0 Å². The Balaban J connectivity index is 2.48. The Morgan fingerprint density at radius 1 is 1.30 bits per heavy atom. The molecule has 0 bridgehead atoms. The van der Waals surface area contributed by atoms with Crippen molar-refractivity contribution in [1.29, 1.82) is 0 Å². The van der Waals surface area contributed by atoms with Crippen LogP contribution in [-0.2, 0) is 14.3 Å². The van der Waals surface area contributed by atoms with Crippen molar-refractivity contribution in [3.05, 3.63) is 42.0 Å². The van der Waals surface area contributed by atoms with Gasteiger partial charge in [-0.1, -0.05) is 18.7 Å².